The summed E-state index contributed by atoms with van der Waals surface area (Å²) in [6.45, 7) is 3.04. The van der Waals surface area contributed by atoms with E-state index in [1.165, 1.54) is 6.07 Å². The maximum absolute atomic E-state index is 14.3. The van der Waals surface area contributed by atoms with Crippen molar-refractivity contribution in [3.63, 3.8) is 0 Å². The summed E-state index contributed by atoms with van der Waals surface area (Å²) in [6, 6.07) is 2.12. The molecule has 0 fully saturated rings. The average molecular weight is 359 g/mol. The van der Waals surface area contributed by atoms with Crippen LogP contribution >= 0.6 is 0 Å². The van der Waals surface area contributed by atoms with Crippen LogP contribution in [0, 0.1) is 11.6 Å². The van der Waals surface area contributed by atoms with E-state index >= 15 is 0 Å². The number of halogens is 2. The van der Waals surface area contributed by atoms with Gasteiger partial charge in [0.25, 0.3) is 0 Å². The molecule has 0 spiro atoms. The molecule has 0 radical (unpaired) electrons. The molecule has 1 aromatic carbocycles. The minimum absolute atomic E-state index is 0.0149. The fraction of sp³-hybridized carbons (Fsp3) is 0.421. The summed E-state index contributed by atoms with van der Waals surface area (Å²) >= 11 is 0. The van der Waals surface area contributed by atoms with E-state index < -0.39 is 11.6 Å². The number of H-pyrrole nitrogens is 1. The van der Waals surface area contributed by atoms with Gasteiger partial charge < -0.3 is 14.9 Å². The zero-order valence-corrected chi connectivity index (χ0v) is 14.9. The van der Waals surface area contributed by atoms with Crippen LogP contribution in [0.25, 0.3) is 10.9 Å². The third-order valence-corrected chi connectivity index (χ3v) is 5.07. The predicted molar refractivity (Wildman–Crippen MR) is 96.8 cm³/mol. The number of unbranched alkanes of at least 4 members (excludes halogenated alkanes) is 1. The van der Waals surface area contributed by atoms with Crippen molar-refractivity contribution in [1.29, 1.82) is 0 Å². The lowest BCUT2D eigenvalue weighted by Crippen LogP contribution is -2.49. The zero-order chi connectivity index (χ0) is 18.3. The Kier molecular flexibility index (Phi) is 4.50. The minimum atomic E-state index is -0.566. The molecule has 0 aliphatic carbocycles. The molecule has 1 aliphatic rings. The summed E-state index contributed by atoms with van der Waals surface area (Å²) in [5.74, 6) is -0.288. The second kappa shape index (κ2) is 6.81. The summed E-state index contributed by atoms with van der Waals surface area (Å²) in [5, 5.41) is 7.69. The fourth-order valence-corrected chi connectivity index (χ4v) is 3.75. The number of nitrogens with zero attached hydrogens (tertiary/aromatic N) is 2. The van der Waals surface area contributed by atoms with Gasteiger partial charge in [0.15, 0.2) is 0 Å². The van der Waals surface area contributed by atoms with Crippen LogP contribution in [-0.4, -0.2) is 27.2 Å². The van der Waals surface area contributed by atoms with E-state index in [-0.39, 0.29) is 12.2 Å². The summed E-state index contributed by atoms with van der Waals surface area (Å²) < 4.78 is 30.1. The van der Waals surface area contributed by atoms with Crippen LogP contribution in [0.3, 0.4) is 0 Å². The smallest absolute Gasteiger partial charge is 0.150 e. The topological polar surface area (TPSA) is 57.7 Å². The molecule has 0 saturated heterocycles. The van der Waals surface area contributed by atoms with E-state index in [0.717, 1.165) is 42.5 Å². The van der Waals surface area contributed by atoms with Crippen LogP contribution < -0.4 is 10.6 Å². The van der Waals surface area contributed by atoms with Crippen LogP contribution in [-0.2, 0) is 13.5 Å². The molecule has 7 heteroatoms. The molecule has 0 bridgehead atoms. The Hall–Kier alpha value is -2.25. The van der Waals surface area contributed by atoms with E-state index in [4.69, 9.17) is 0 Å². The van der Waals surface area contributed by atoms with E-state index in [1.807, 2.05) is 17.8 Å². The number of hydrogen-bond donors (Lipinski definition) is 3. The first-order valence-electron chi connectivity index (χ1n) is 9.04. The van der Waals surface area contributed by atoms with E-state index in [2.05, 4.69) is 27.5 Å². The van der Waals surface area contributed by atoms with E-state index in [1.54, 1.807) is 6.20 Å². The van der Waals surface area contributed by atoms with Gasteiger partial charge in [0.05, 0.1) is 11.7 Å². The highest BCUT2D eigenvalue weighted by atomic mass is 19.1. The molecule has 1 aliphatic heterocycles. The van der Waals surface area contributed by atoms with Gasteiger partial charge >= 0.3 is 0 Å². The number of benzene rings is 1. The highest BCUT2D eigenvalue weighted by Crippen LogP contribution is 2.35. The summed E-state index contributed by atoms with van der Waals surface area (Å²) in [4.78, 5) is 7.64. The molecule has 4 rings (SSSR count). The van der Waals surface area contributed by atoms with Crippen LogP contribution in [0.5, 0.6) is 0 Å². The van der Waals surface area contributed by atoms with Gasteiger partial charge in [-0.3, -0.25) is 5.32 Å². The standard InChI is InChI=1S/C19H23F2N5/c1-3-4-5-22-15-10-13-12-8-11(20)9-14(21)16(12)25-17(13)18(24-15)19-23-6-7-26(19)2/h6-9,15,18,22,24-25H,3-5,10H2,1-2H3/t15-,18-/m1/s1. The van der Waals surface area contributed by atoms with E-state index in [0.29, 0.717) is 17.3 Å². The molecule has 26 heavy (non-hydrogen) atoms. The van der Waals surface area contributed by atoms with Gasteiger partial charge in [-0.2, -0.15) is 0 Å². The quantitative estimate of drug-likeness (QED) is 0.614. The van der Waals surface area contributed by atoms with E-state index in [9.17, 15) is 8.78 Å². The van der Waals surface area contributed by atoms with Crippen LogP contribution in [0.2, 0.25) is 0 Å². The Bertz CT molecular complexity index is 930. The van der Waals surface area contributed by atoms with Crippen LogP contribution in [0.1, 0.15) is 42.9 Å². The van der Waals surface area contributed by atoms with Crippen molar-refractivity contribution in [2.24, 2.45) is 7.05 Å². The van der Waals surface area contributed by atoms with Crippen molar-refractivity contribution in [3.05, 3.63) is 53.2 Å². The fourth-order valence-electron chi connectivity index (χ4n) is 3.75. The first-order valence-corrected chi connectivity index (χ1v) is 9.04. The molecule has 0 saturated carbocycles. The average Bonchev–Trinajstić information content (AvgIpc) is 3.19. The van der Waals surface area contributed by atoms with Crippen LogP contribution in [0.15, 0.2) is 24.5 Å². The number of hydrogen-bond acceptors (Lipinski definition) is 3. The zero-order valence-electron chi connectivity index (χ0n) is 14.9. The summed E-state index contributed by atoms with van der Waals surface area (Å²) in [6.07, 6.45) is 6.48. The van der Waals surface area contributed by atoms with Gasteiger partial charge in [-0.05, 0) is 24.6 Å². The summed E-state index contributed by atoms with van der Waals surface area (Å²) in [7, 11) is 1.93. The first-order chi connectivity index (χ1) is 12.6. The predicted octanol–water partition coefficient (Wildman–Crippen LogP) is 3.13. The second-order valence-corrected chi connectivity index (χ2v) is 6.89. The van der Waals surface area contributed by atoms with Gasteiger partial charge in [0.2, 0.25) is 0 Å². The molecule has 0 unspecified atom stereocenters. The normalized spacial score (nSPS) is 19.8. The maximum Gasteiger partial charge on any atom is 0.150 e. The molecular formula is C19H23F2N5. The molecule has 5 nitrogen and oxygen atoms in total. The molecule has 3 N–H and O–H groups in total. The Morgan fingerprint density at radius 1 is 1.35 bits per heavy atom. The molecule has 3 heterocycles. The Labute approximate surface area is 150 Å². The number of aryl methyl sites for hydroxylation is 1. The van der Waals surface area contributed by atoms with Crippen molar-refractivity contribution >= 4 is 10.9 Å². The van der Waals surface area contributed by atoms with Gasteiger partial charge in [0.1, 0.15) is 23.5 Å². The number of nitrogens with one attached hydrogen (secondary N) is 3. The molecule has 2 aromatic heterocycles. The number of fused-ring (bicyclic) bond motifs is 3. The van der Waals surface area contributed by atoms with Crippen molar-refractivity contribution in [2.45, 2.75) is 38.4 Å². The van der Waals surface area contributed by atoms with Crippen molar-refractivity contribution in [1.82, 2.24) is 25.2 Å². The monoisotopic (exact) mass is 359 g/mol. The highest BCUT2D eigenvalue weighted by molar-refractivity contribution is 5.86. The third kappa shape index (κ3) is 2.91. The lowest BCUT2D eigenvalue weighted by atomic mass is 9.96. The Morgan fingerprint density at radius 3 is 2.92 bits per heavy atom. The lowest BCUT2D eigenvalue weighted by Gasteiger charge is -2.32. The molecule has 3 aromatic rings. The molecule has 2 atom stereocenters. The maximum atomic E-state index is 14.3. The number of imidazole rings is 1. The lowest BCUT2D eigenvalue weighted by molar-refractivity contribution is 0.357. The molecule has 138 valence electrons. The van der Waals surface area contributed by atoms with Crippen molar-refractivity contribution < 1.29 is 8.78 Å². The molecule has 0 amide bonds. The SMILES string of the molecule is CCCCN[C@H]1Cc2c([nH]c3c(F)cc(F)cc23)[C@H](c2nccn2C)N1. The number of rotatable bonds is 5. The second-order valence-electron chi connectivity index (χ2n) is 6.89. The van der Waals surface area contributed by atoms with Gasteiger partial charge in [0, 0.05) is 43.0 Å². The Balaban J connectivity index is 1.81. The summed E-state index contributed by atoms with van der Waals surface area (Å²) in [5.41, 5.74) is 2.15. The number of aromatic nitrogens is 3. The van der Waals surface area contributed by atoms with Gasteiger partial charge in [-0.25, -0.2) is 13.8 Å². The first kappa shape index (κ1) is 17.2. The van der Waals surface area contributed by atoms with Crippen molar-refractivity contribution in [2.75, 3.05) is 6.54 Å². The highest BCUT2D eigenvalue weighted by Gasteiger charge is 2.33. The van der Waals surface area contributed by atoms with Crippen molar-refractivity contribution in [3.8, 4) is 0 Å². The number of aromatic amines is 1. The largest absolute Gasteiger partial charge is 0.354 e. The minimum Gasteiger partial charge on any atom is -0.354 e. The van der Waals surface area contributed by atoms with Gasteiger partial charge in [-0.15, -0.1) is 0 Å². The molecular weight excluding hydrogens is 336 g/mol. The van der Waals surface area contributed by atoms with Gasteiger partial charge in [-0.1, -0.05) is 13.3 Å². The van der Waals surface area contributed by atoms with Crippen LogP contribution in [0.4, 0.5) is 8.78 Å². The Morgan fingerprint density at radius 2 is 2.19 bits per heavy atom. The third-order valence-electron chi connectivity index (χ3n) is 5.07.